The molecule has 1 aliphatic carbocycles. The molecule has 2 fully saturated rings. The summed E-state index contributed by atoms with van der Waals surface area (Å²) in [5.41, 5.74) is 0. The minimum atomic E-state index is 0.550. The van der Waals surface area contributed by atoms with Crippen LogP contribution >= 0.6 is 11.3 Å². The van der Waals surface area contributed by atoms with Gasteiger partial charge in [-0.1, -0.05) is 6.42 Å². The Hall–Kier alpha value is -0.490. The summed E-state index contributed by atoms with van der Waals surface area (Å²) in [6, 6.07) is 1.20. The molecule has 1 aromatic heterocycles. The Morgan fingerprint density at radius 1 is 1.47 bits per heavy atom. The van der Waals surface area contributed by atoms with Crippen LogP contribution in [-0.2, 0) is 11.2 Å². The fraction of sp³-hybridized carbons (Fsp3) is 0.786. The SMILES string of the molecule is c1csc(CCNC2CCCC2C2COCCN2)n1. The van der Waals surface area contributed by atoms with Crippen molar-refractivity contribution in [1.82, 2.24) is 15.6 Å². The summed E-state index contributed by atoms with van der Waals surface area (Å²) < 4.78 is 5.61. The van der Waals surface area contributed by atoms with Crippen molar-refractivity contribution in [3.8, 4) is 0 Å². The minimum Gasteiger partial charge on any atom is -0.379 e. The summed E-state index contributed by atoms with van der Waals surface area (Å²) in [6.45, 7) is 3.80. The van der Waals surface area contributed by atoms with Gasteiger partial charge in [-0.05, 0) is 18.8 Å². The highest BCUT2D eigenvalue weighted by atomic mass is 32.1. The second-order valence-corrected chi connectivity index (χ2v) is 6.45. The molecule has 3 atom stereocenters. The average Bonchev–Trinajstić information content (AvgIpc) is 3.11. The van der Waals surface area contributed by atoms with Crippen LogP contribution < -0.4 is 10.6 Å². The van der Waals surface area contributed by atoms with Crippen LogP contribution in [0.2, 0.25) is 0 Å². The molecule has 0 spiro atoms. The van der Waals surface area contributed by atoms with Gasteiger partial charge >= 0.3 is 0 Å². The third-order valence-electron chi connectivity index (χ3n) is 4.27. The van der Waals surface area contributed by atoms with Crippen molar-refractivity contribution < 1.29 is 4.74 Å². The van der Waals surface area contributed by atoms with Crippen molar-refractivity contribution in [3.05, 3.63) is 16.6 Å². The molecule has 0 amide bonds. The van der Waals surface area contributed by atoms with E-state index in [0.717, 1.165) is 38.6 Å². The van der Waals surface area contributed by atoms with Gasteiger partial charge in [-0.2, -0.15) is 0 Å². The molecule has 1 saturated carbocycles. The van der Waals surface area contributed by atoms with E-state index in [0.29, 0.717) is 12.1 Å². The fourth-order valence-electron chi connectivity index (χ4n) is 3.33. The van der Waals surface area contributed by atoms with E-state index in [1.54, 1.807) is 11.3 Å². The summed E-state index contributed by atoms with van der Waals surface area (Å²) in [5.74, 6) is 0.733. The summed E-state index contributed by atoms with van der Waals surface area (Å²) >= 11 is 1.75. The molecule has 5 heteroatoms. The second-order valence-electron chi connectivity index (χ2n) is 5.47. The lowest BCUT2D eigenvalue weighted by Gasteiger charge is -2.33. The smallest absolute Gasteiger partial charge is 0.0937 e. The lowest BCUT2D eigenvalue weighted by Crippen LogP contribution is -2.51. The van der Waals surface area contributed by atoms with Crippen LogP contribution in [0.5, 0.6) is 0 Å². The lowest BCUT2D eigenvalue weighted by molar-refractivity contribution is 0.0526. The normalized spacial score (nSPS) is 31.7. The quantitative estimate of drug-likeness (QED) is 0.857. The number of thiazole rings is 1. The molecule has 106 valence electrons. The first-order chi connectivity index (χ1) is 9.43. The first kappa shape index (κ1) is 13.5. The van der Waals surface area contributed by atoms with E-state index in [4.69, 9.17) is 4.74 Å². The molecule has 1 aromatic rings. The van der Waals surface area contributed by atoms with Crippen molar-refractivity contribution in [2.24, 2.45) is 5.92 Å². The van der Waals surface area contributed by atoms with Gasteiger partial charge in [0.15, 0.2) is 0 Å². The predicted octanol–water partition coefficient (Wildman–Crippen LogP) is 1.43. The molecule has 2 aliphatic rings. The first-order valence-electron chi connectivity index (χ1n) is 7.36. The van der Waals surface area contributed by atoms with E-state index in [9.17, 15) is 0 Å². The zero-order chi connectivity index (χ0) is 12.9. The second kappa shape index (κ2) is 6.79. The zero-order valence-corrected chi connectivity index (χ0v) is 12.1. The van der Waals surface area contributed by atoms with Crippen molar-refractivity contribution in [1.29, 1.82) is 0 Å². The van der Waals surface area contributed by atoms with Crippen molar-refractivity contribution in [2.45, 2.75) is 37.8 Å². The van der Waals surface area contributed by atoms with Gasteiger partial charge in [0.2, 0.25) is 0 Å². The number of hydrogen-bond donors (Lipinski definition) is 2. The van der Waals surface area contributed by atoms with Crippen molar-refractivity contribution in [3.63, 3.8) is 0 Å². The number of rotatable bonds is 5. The molecular weight excluding hydrogens is 258 g/mol. The highest BCUT2D eigenvalue weighted by Crippen LogP contribution is 2.29. The number of nitrogens with one attached hydrogen (secondary N) is 2. The summed E-state index contributed by atoms with van der Waals surface area (Å²) in [4.78, 5) is 4.34. The summed E-state index contributed by atoms with van der Waals surface area (Å²) in [6.07, 6.45) is 6.92. The van der Waals surface area contributed by atoms with Crippen LogP contribution in [0.3, 0.4) is 0 Å². The topological polar surface area (TPSA) is 46.2 Å². The van der Waals surface area contributed by atoms with Crippen molar-refractivity contribution >= 4 is 11.3 Å². The zero-order valence-electron chi connectivity index (χ0n) is 11.3. The van der Waals surface area contributed by atoms with E-state index >= 15 is 0 Å². The number of hydrogen-bond acceptors (Lipinski definition) is 5. The van der Waals surface area contributed by atoms with Gasteiger partial charge in [0, 0.05) is 43.2 Å². The maximum atomic E-state index is 5.61. The summed E-state index contributed by atoms with van der Waals surface area (Å²) in [5, 5.41) is 10.6. The number of ether oxygens (including phenoxy) is 1. The molecule has 3 rings (SSSR count). The number of nitrogens with zero attached hydrogens (tertiary/aromatic N) is 1. The maximum absolute atomic E-state index is 5.61. The van der Waals surface area contributed by atoms with E-state index in [-0.39, 0.29) is 0 Å². The molecule has 0 bridgehead atoms. The fourth-order valence-corrected chi connectivity index (χ4v) is 3.95. The van der Waals surface area contributed by atoms with E-state index in [1.807, 2.05) is 6.20 Å². The summed E-state index contributed by atoms with van der Waals surface area (Å²) in [7, 11) is 0. The predicted molar refractivity (Wildman–Crippen MR) is 77.6 cm³/mol. The average molecular weight is 281 g/mol. The molecule has 2 heterocycles. The molecular formula is C14H23N3OS. The van der Waals surface area contributed by atoms with Crippen LogP contribution in [-0.4, -0.2) is 43.4 Å². The van der Waals surface area contributed by atoms with Crippen LogP contribution in [0.4, 0.5) is 0 Å². The molecule has 19 heavy (non-hydrogen) atoms. The Labute approximate surface area is 119 Å². The van der Waals surface area contributed by atoms with Gasteiger partial charge in [0.1, 0.15) is 0 Å². The van der Waals surface area contributed by atoms with Gasteiger partial charge in [-0.25, -0.2) is 4.98 Å². The Morgan fingerprint density at radius 3 is 3.26 bits per heavy atom. The Kier molecular flexibility index (Phi) is 4.82. The van der Waals surface area contributed by atoms with Crippen LogP contribution in [0, 0.1) is 5.92 Å². The first-order valence-corrected chi connectivity index (χ1v) is 8.24. The molecule has 1 saturated heterocycles. The monoisotopic (exact) mass is 281 g/mol. The number of aromatic nitrogens is 1. The van der Waals surface area contributed by atoms with Gasteiger partial charge in [-0.3, -0.25) is 0 Å². The third-order valence-corrected chi connectivity index (χ3v) is 5.10. The molecule has 3 unspecified atom stereocenters. The van der Waals surface area contributed by atoms with Gasteiger partial charge in [-0.15, -0.1) is 11.3 Å². The Morgan fingerprint density at radius 2 is 2.47 bits per heavy atom. The van der Waals surface area contributed by atoms with E-state index in [2.05, 4.69) is 21.0 Å². The Balaban J connectivity index is 1.46. The highest BCUT2D eigenvalue weighted by molar-refractivity contribution is 7.09. The standard InChI is InChI=1S/C14H23N3OS/c1-2-11(13-10-18-8-6-16-13)12(3-1)15-5-4-14-17-7-9-19-14/h7,9,11-13,15-16H,1-6,8,10H2. The van der Waals surface area contributed by atoms with Gasteiger partial charge in [0.25, 0.3) is 0 Å². The molecule has 0 aromatic carbocycles. The van der Waals surface area contributed by atoms with Crippen LogP contribution in [0.1, 0.15) is 24.3 Å². The van der Waals surface area contributed by atoms with Gasteiger partial charge in [0.05, 0.1) is 18.2 Å². The van der Waals surface area contributed by atoms with Gasteiger partial charge < -0.3 is 15.4 Å². The molecule has 4 nitrogen and oxygen atoms in total. The molecule has 0 radical (unpaired) electrons. The van der Waals surface area contributed by atoms with E-state index in [1.165, 1.54) is 24.3 Å². The van der Waals surface area contributed by atoms with E-state index < -0.39 is 0 Å². The maximum Gasteiger partial charge on any atom is 0.0937 e. The Bertz CT molecular complexity index is 365. The minimum absolute atomic E-state index is 0.550. The highest BCUT2D eigenvalue weighted by Gasteiger charge is 2.34. The largest absolute Gasteiger partial charge is 0.379 e. The lowest BCUT2D eigenvalue weighted by atomic mass is 9.94. The van der Waals surface area contributed by atoms with Crippen LogP contribution in [0.15, 0.2) is 11.6 Å². The van der Waals surface area contributed by atoms with Crippen molar-refractivity contribution in [2.75, 3.05) is 26.3 Å². The number of morpholine rings is 1. The van der Waals surface area contributed by atoms with Crippen LogP contribution in [0.25, 0.3) is 0 Å². The molecule has 1 aliphatic heterocycles. The third kappa shape index (κ3) is 3.54. The molecule has 2 N–H and O–H groups in total.